The van der Waals surface area contributed by atoms with Crippen molar-refractivity contribution in [3.05, 3.63) is 33.8 Å². The van der Waals surface area contributed by atoms with Gasteiger partial charge in [-0.1, -0.05) is 0 Å². The van der Waals surface area contributed by atoms with Crippen LogP contribution < -0.4 is 10.6 Å². The molecule has 2 N–H and O–H groups in total. The SMILES string of the molecule is CCNc1nc(NCc2cnc(C)s2)c(F)cc1F. The van der Waals surface area contributed by atoms with Gasteiger partial charge in [0.2, 0.25) is 0 Å². The molecule has 0 spiro atoms. The van der Waals surface area contributed by atoms with E-state index in [0.717, 1.165) is 16.0 Å². The zero-order valence-corrected chi connectivity index (χ0v) is 11.4. The van der Waals surface area contributed by atoms with Gasteiger partial charge in [0.1, 0.15) is 0 Å². The molecular weight excluding hydrogens is 270 g/mol. The molecule has 19 heavy (non-hydrogen) atoms. The summed E-state index contributed by atoms with van der Waals surface area (Å²) < 4.78 is 27.0. The van der Waals surface area contributed by atoms with Crippen molar-refractivity contribution in [2.24, 2.45) is 0 Å². The van der Waals surface area contributed by atoms with Gasteiger partial charge in [0, 0.05) is 23.7 Å². The lowest BCUT2D eigenvalue weighted by Gasteiger charge is -2.09. The van der Waals surface area contributed by atoms with Crippen LogP contribution in [0.25, 0.3) is 0 Å². The summed E-state index contributed by atoms with van der Waals surface area (Å²) in [5.41, 5.74) is 0. The maximum absolute atomic E-state index is 13.6. The molecule has 0 aliphatic carbocycles. The number of halogens is 2. The van der Waals surface area contributed by atoms with Gasteiger partial charge in [0.15, 0.2) is 23.3 Å². The van der Waals surface area contributed by atoms with Crippen molar-refractivity contribution in [3.8, 4) is 0 Å². The van der Waals surface area contributed by atoms with Crippen molar-refractivity contribution in [2.45, 2.75) is 20.4 Å². The average molecular weight is 284 g/mol. The molecule has 0 bridgehead atoms. The van der Waals surface area contributed by atoms with Crippen LogP contribution >= 0.6 is 11.3 Å². The summed E-state index contributed by atoms with van der Waals surface area (Å²) in [5.74, 6) is -1.32. The Hall–Kier alpha value is -1.76. The normalized spacial score (nSPS) is 10.5. The van der Waals surface area contributed by atoms with Gasteiger partial charge in [-0.05, 0) is 13.8 Å². The number of aryl methyl sites for hydroxylation is 1. The van der Waals surface area contributed by atoms with Crippen molar-refractivity contribution in [1.82, 2.24) is 9.97 Å². The number of hydrogen-bond acceptors (Lipinski definition) is 5. The smallest absolute Gasteiger partial charge is 0.168 e. The van der Waals surface area contributed by atoms with E-state index >= 15 is 0 Å². The first-order valence-electron chi connectivity index (χ1n) is 5.85. The second-order valence-corrected chi connectivity index (χ2v) is 5.20. The van der Waals surface area contributed by atoms with Crippen LogP contribution in [0.4, 0.5) is 20.4 Å². The van der Waals surface area contributed by atoms with E-state index in [-0.39, 0.29) is 11.6 Å². The fraction of sp³-hybridized carbons (Fsp3) is 0.333. The zero-order valence-electron chi connectivity index (χ0n) is 10.6. The number of nitrogens with zero attached hydrogens (tertiary/aromatic N) is 2. The van der Waals surface area contributed by atoms with Crippen LogP contribution in [0, 0.1) is 18.6 Å². The second kappa shape index (κ2) is 5.92. The Morgan fingerprint density at radius 1 is 1.21 bits per heavy atom. The van der Waals surface area contributed by atoms with Crippen LogP contribution in [0.15, 0.2) is 12.3 Å². The van der Waals surface area contributed by atoms with E-state index in [2.05, 4.69) is 20.6 Å². The van der Waals surface area contributed by atoms with Crippen molar-refractivity contribution in [1.29, 1.82) is 0 Å². The molecule has 2 aromatic heterocycles. The summed E-state index contributed by atoms with van der Waals surface area (Å²) in [6, 6.07) is 0.825. The quantitative estimate of drug-likeness (QED) is 0.885. The van der Waals surface area contributed by atoms with Crippen molar-refractivity contribution >= 4 is 23.0 Å². The molecule has 2 heterocycles. The molecule has 0 amide bonds. The lowest BCUT2D eigenvalue weighted by Crippen LogP contribution is -2.08. The molecule has 102 valence electrons. The fourth-order valence-electron chi connectivity index (χ4n) is 1.54. The van der Waals surface area contributed by atoms with Crippen LogP contribution in [-0.2, 0) is 6.54 Å². The van der Waals surface area contributed by atoms with E-state index in [1.807, 2.05) is 13.8 Å². The van der Waals surface area contributed by atoms with E-state index in [9.17, 15) is 8.78 Å². The standard InChI is InChI=1S/C12H14F2N4S/c1-3-15-11-9(13)4-10(14)12(18-11)17-6-8-5-16-7(2)19-8/h4-5H,3,6H2,1-2H3,(H2,15,17,18). The monoisotopic (exact) mass is 284 g/mol. The summed E-state index contributed by atoms with van der Waals surface area (Å²) in [6.45, 7) is 4.64. The highest BCUT2D eigenvalue weighted by molar-refractivity contribution is 7.11. The molecule has 0 aliphatic heterocycles. The van der Waals surface area contributed by atoms with Gasteiger partial charge >= 0.3 is 0 Å². The molecule has 0 saturated heterocycles. The summed E-state index contributed by atoms with van der Waals surface area (Å²) in [6.07, 6.45) is 1.72. The summed E-state index contributed by atoms with van der Waals surface area (Å²) in [7, 11) is 0. The van der Waals surface area contributed by atoms with Crippen molar-refractivity contribution < 1.29 is 8.78 Å². The van der Waals surface area contributed by atoms with E-state index in [0.29, 0.717) is 13.1 Å². The minimum Gasteiger partial charge on any atom is -0.368 e. The van der Waals surface area contributed by atoms with Crippen LogP contribution in [0.5, 0.6) is 0 Å². The van der Waals surface area contributed by atoms with Crippen LogP contribution in [0.2, 0.25) is 0 Å². The molecular formula is C12H14F2N4S. The van der Waals surface area contributed by atoms with Crippen LogP contribution in [0.1, 0.15) is 16.8 Å². The third-order valence-corrected chi connectivity index (χ3v) is 3.29. The summed E-state index contributed by atoms with van der Waals surface area (Å²) in [4.78, 5) is 8.97. The van der Waals surface area contributed by atoms with Crippen molar-refractivity contribution in [3.63, 3.8) is 0 Å². The van der Waals surface area contributed by atoms with Gasteiger partial charge < -0.3 is 10.6 Å². The second-order valence-electron chi connectivity index (χ2n) is 3.88. The molecule has 0 aromatic carbocycles. The van der Waals surface area contributed by atoms with Crippen molar-refractivity contribution in [2.75, 3.05) is 17.2 Å². The van der Waals surface area contributed by atoms with Gasteiger partial charge in [-0.25, -0.2) is 18.7 Å². The van der Waals surface area contributed by atoms with E-state index < -0.39 is 11.6 Å². The van der Waals surface area contributed by atoms with Gasteiger partial charge in [0.05, 0.1) is 11.6 Å². The van der Waals surface area contributed by atoms with Crippen LogP contribution in [0.3, 0.4) is 0 Å². The third-order valence-electron chi connectivity index (χ3n) is 2.37. The molecule has 0 atom stereocenters. The highest BCUT2D eigenvalue weighted by atomic mass is 32.1. The Kier molecular flexibility index (Phi) is 4.26. The molecule has 0 saturated carbocycles. The Bertz CT molecular complexity index is 571. The molecule has 0 aliphatic rings. The number of anilines is 2. The molecule has 0 unspecified atom stereocenters. The van der Waals surface area contributed by atoms with Gasteiger partial charge in [-0.3, -0.25) is 0 Å². The maximum Gasteiger partial charge on any atom is 0.168 e. The summed E-state index contributed by atoms with van der Waals surface area (Å²) >= 11 is 1.52. The van der Waals surface area contributed by atoms with Gasteiger partial charge in [-0.2, -0.15) is 0 Å². The number of pyridine rings is 1. The predicted octanol–water partition coefficient (Wildman–Crippen LogP) is 3.17. The summed E-state index contributed by atoms with van der Waals surface area (Å²) in [5, 5.41) is 6.53. The predicted molar refractivity (Wildman–Crippen MR) is 72.5 cm³/mol. The number of hydrogen-bond donors (Lipinski definition) is 2. The fourth-order valence-corrected chi connectivity index (χ4v) is 2.27. The Balaban J connectivity index is 2.13. The highest BCUT2D eigenvalue weighted by Gasteiger charge is 2.11. The van der Waals surface area contributed by atoms with Crippen LogP contribution in [-0.4, -0.2) is 16.5 Å². The number of nitrogens with one attached hydrogen (secondary N) is 2. The maximum atomic E-state index is 13.6. The third kappa shape index (κ3) is 3.37. The molecule has 4 nitrogen and oxygen atoms in total. The lowest BCUT2D eigenvalue weighted by atomic mass is 10.4. The minimum atomic E-state index is -0.708. The topological polar surface area (TPSA) is 49.8 Å². The minimum absolute atomic E-state index is 0.0309. The lowest BCUT2D eigenvalue weighted by molar-refractivity contribution is 0.578. The largest absolute Gasteiger partial charge is 0.368 e. The number of thiazole rings is 1. The molecule has 0 radical (unpaired) electrons. The Labute approximate surface area is 113 Å². The molecule has 2 aromatic rings. The molecule has 0 fully saturated rings. The first kappa shape index (κ1) is 13.7. The number of rotatable bonds is 5. The molecule has 2 rings (SSSR count). The zero-order chi connectivity index (χ0) is 13.8. The van der Waals surface area contributed by atoms with Gasteiger partial charge in [-0.15, -0.1) is 11.3 Å². The highest BCUT2D eigenvalue weighted by Crippen LogP contribution is 2.20. The van der Waals surface area contributed by atoms with E-state index in [4.69, 9.17) is 0 Å². The van der Waals surface area contributed by atoms with E-state index in [1.165, 1.54) is 11.3 Å². The molecule has 7 heteroatoms. The first-order chi connectivity index (χ1) is 9.10. The Morgan fingerprint density at radius 3 is 2.47 bits per heavy atom. The van der Waals surface area contributed by atoms with Gasteiger partial charge in [0.25, 0.3) is 0 Å². The Morgan fingerprint density at radius 2 is 1.89 bits per heavy atom. The van der Waals surface area contributed by atoms with E-state index in [1.54, 1.807) is 6.20 Å². The first-order valence-corrected chi connectivity index (χ1v) is 6.67. The average Bonchev–Trinajstić information content (AvgIpc) is 2.77. The number of aromatic nitrogens is 2.